The second-order valence-electron chi connectivity index (χ2n) is 7.24. The molecule has 1 aliphatic heterocycles. The van der Waals surface area contributed by atoms with Crippen LogP contribution in [-0.4, -0.2) is 23.5 Å². The average Bonchev–Trinajstić information content (AvgIpc) is 3.19. The fraction of sp³-hybridized carbons (Fsp3) is 0.0800. The van der Waals surface area contributed by atoms with Gasteiger partial charge in [-0.2, -0.15) is 0 Å². The van der Waals surface area contributed by atoms with Crippen LogP contribution in [0, 0.1) is 5.82 Å². The number of hydrogen-bond donors (Lipinski definition) is 0. The van der Waals surface area contributed by atoms with E-state index in [4.69, 9.17) is 4.74 Å². The molecule has 30 heavy (non-hydrogen) atoms. The van der Waals surface area contributed by atoms with E-state index in [-0.39, 0.29) is 28.2 Å². The maximum absolute atomic E-state index is 13.3. The summed E-state index contributed by atoms with van der Waals surface area (Å²) < 4.78 is 19.2. The van der Waals surface area contributed by atoms with E-state index in [0.717, 1.165) is 0 Å². The van der Waals surface area contributed by atoms with Gasteiger partial charge in [0.05, 0.1) is 11.5 Å². The Morgan fingerprint density at radius 3 is 2.03 bits per heavy atom. The lowest BCUT2D eigenvalue weighted by Crippen LogP contribution is -2.28. The van der Waals surface area contributed by atoms with Crippen molar-refractivity contribution in [2.75, 3.05) is 0 Å². The predicted octanol–water partition coefficient (Wildman–Crippen LogP) is 4.52. The van der Waals surface area contributed by atoms with Gasteiger partial charge in [-0.05, 0) is 29.8 Å². The molecule has 146 valence electrons. The van der Waals surface area contributed by atoms with E-state index in [1.165, 1.54) is 24.3 Å². The molecule has 0 saturated carbocycles. The van der Waals surface area contributed by atoms with Crippen LogP contribution in [0.2, 0.25) is 0 Å². The van der Waals surface area contributed by atoms with Gasteiger partial charge in [-0.3, -0.25) is 14.4 Å². The van der Waals surface area contributed by atoms with E-state index in [9.17, 15) is 18.8 Å². The zero-order chi connectivity index (χ0) is 20.8. The first-order chi connectivity index (χ1) is 14.6. The number of ketones is 3. The highest BCUT2D eigenvalue weighted by atomic mass is 19.1. The Labute approximate surface area is 171 Å². The molecule has 0 amide bonds. The highest BCUT2D eigenvalue weighted by Gasteiger charge is 2.50. The number of hydrogen-bond acceptors (Lipinski definition) is 4. The third-order valence-corrected chi connectivity index (χ3v) is 5.52. The third-order valence-electron chi connectivity index (χ3n) is 5.52. The van der Waals surface area contributed by atoms with E-state index in [1.807, 2.05) is 6.07 Å². The Morgan fingerprint density at radius 2 is 1.37 bits per heavy atom. The maximum Gasteiger partial charge on any atom is 0.228 e. The van der Waals surface area contributed by atoms with Gasteiger partial charge in [0.2, 0.25) is 11.6 Å². The van der Waals surface area contributed by atoms with Crippen LogP contribution in [0.1, 0.15) is 42.6 Å². The predicted molar refractivity (Wildman–Crippen MR) is 107 cm³/mol. The lowest BCUT2D eigenvalue weighted by molar-refractivity contribution is 0.0640. The number of fused-ring (bicyclic) bond motifs is 1. The third kappa shape index (κ3) is 2.70. The highest BCUT2D eigenvalue weighted by molar-refractivity contribution is 6.27. The zero-order valence-electron chi connectivity index (χ0n) is 15.7. The number of halogens is 1. The summed E-state index contributed by atoms with van der Waals surface area (Å²) in [6.07, 6.45) is -1.09. The monoisotopic (exact) mass is 398 g/mol. The Kier molecular flexibility index (Phi) is 4.17. The molecule has 1 aliphatic carbocycles. The highest BCUT2D eigenvalue weighted by Crippen LogP contribution is 2.45. The summed E-state index contributed by atoms with van der Waals surface area (Å²) in [5.74, 6) is -2.41. The van der Waals surface area contributed by atoms with Crippen LogP contribution in [-0.2, 0) is 4.74 Å². The quantitative estimate of drug-likeness (QED) is 0.609. The molecule has 0 fully saturated rings. The molecule has 3 aromatic carbocycles. The van der Waals surface area contributed by atoms with E-state index in [0.29, 0.717) is 11.1 Å². The van der Waals surface area contributed by atoms with Gasteiger partial charge in [0.15, 0.2) is 17.6 Å². The molecule has 5 rings (SSSR count). The first-order valence-corrected chi connectivity index (χ1v) is 9.50. The first-order valence-electron chi connectivity index (χ1n) is 9.50. The lowest BCUT2D eigenvalue weighted by atomic mass is 9.78. The Morgan fingerprint density at radius 1 is 0.767 bits per heavy atom. The van der Waals surface area contributed by atoms with Crippen molar-refractivity contribution >= 4 is 17.3 Å². The first kappa shape index (κ1) is 18.2. The van der Waals surface area contributed by atoms with Gasteiger partial charge in [0, 0.05) is 16.7 Å². The van der Waals surface area contributed by atoms with Crippen LogP contribution < -0.4 is 0 Å². The number of allylic oxidation sites excluding steroid dienone is 1. The summed E-state index contributed by atoms with van der Waals surface area (Å²) in [6.45, 7) is 0. The number of carbonyl (C=O) groups excluding carboxylic acids is 3. The Balaban J connectivity index is 1.65. The summed E-state index contributed by atoms with van der Waals surface area (Å²) in [7, 11) is 0. The summed E-state index contributed by atoms with van der Waals surface area (Å²) >= 11 is 0. The number of carbonyl (C=O) groups is 3. The van der Waals surface area contributed by atoms with E-state index in [2.05, 4.69) is 0 Å². The standard InChI is InChI=1S/C25H15FO4/c26-16-12-10-15(11-13-16)21(27)24-19(14-6-2-1-3-7-14)20-22(28)17-8-4-5-9-18(17)23(29)25(20)30-24/h1-13,19,24H/t19-,24-/m1/s1. The molecule has 2 atom stereocenters. The molecule has 3 aromatic rings. The van der Waals surface area contributed by atoms with Crippen molar-refractivity contribution in [3.63, 3.8) is 0 Å². The Bertz CT molecular complexity index is 1230. The molecule has 0 spiro atoms. The van der Waals surface area contributed by atoms with E-state index in [1.54, 1.807) is 48.5 Å². The Hall–Kier alpha value is -3.86. The molecule has 0 saturated heterocycles. The SMILES string of the molecule is O=C1C2=C(C(=O)c3ccccc31)[C@@H](c1ccccc1)[C@H](C(=O)c1ccc(F)cc1)O2. The van der Waals surface area contributed by atoms with Gasteiger partial charge >= 0.3 is 0 Å². The van der Waals surface area contributed by atoms with Crippen LogP contribution >= 0.6 is 0 Å². The summed E-state index contributed by atoms with van der Waals surface area (Å²) in [5.41, 5.74) is 1.72. The largest absolute Gasteiger partial charge is 0.477 e. The van der Waals surface area contributed by atoms with Crippen molar-refractivity contribution < 1.29 is 23.5 Å². The van der Waals surface area contributed by atoms with Gasteiger partial charge in [-0.1, -0.05) is 54.6 Å². The van der Waals surface area contributed by atoms with E-state index < -0.39 is 29.4 Å². The van der Waals surface area contributed by atoms with Crippen LogP contribution in [0.3, 0.4) is 0 Å². The number of ether oxygens (including phenoxy) is 1. The van der Waals surface area contributed by atoms with Crippen molar-refractivity contribution in [3.8, 4) is 0 Å². The molecular formula is C25H15FO4. The molecule has 0 unspecified atom stereocenters. The summed E-state index contributed by atoms with van der Waals surface area (Å²) in [6, 6.07) is 20.7. The second-order valence-corrected chi connectivity index (χ2v) is 7.24. The minimum Gasteiger partial charge on any atom is -0.477 e. The molecule has 1 heterocycles. The number of rotatable bonds is 3. The summed E-state index contributed by atoms with van der Waals surface area (Å²) in [4.78, 5) is 39.7. The molecule has 0 bridgehead atoms. The van der Waals surface area contributed by atoms with Crippen molar-refractivity contribution in [2.24, 2.45) is 0 Å². The molecular weight excluding hydrogens is 383 g/mol. The maximum atomic E-state index is 13.3. The van der Waals surface area contributed by atoms with Gasteiger partial charge in [-0.25, -0.2) is 4.39 Å². The van der Waals surface area contributed by atoms with Gasteiger partial charge in [-0.15, -0.1) is 0 Å². The van der Waals surface area contributed by atoms with Crippen LogP contribution in [0.15, 0.2) is 90.2 Å². The van der Waals surface area contributed by atoms with Crippen LogP contribution in [0.4, 0.5) is 4.39 Å². The molecule has 2 aliphatic rings. The lowest BCUT2D eigenvalue weighted by Gasteiger charge is -2.20. The number of benzene rings is 3. The molecule has 0 N–H and O–H groups in total. The molecule has 5 heteroatoms. The van der Waals surface area contributed by atoms with Crippen LogP contribution in [0.25, 0.3) is 0 Å². The zero-order valence-corrected chi connectivity index (χ0v) is 15.7. The number of Topliss-reactive ketones (excluding diaryl/α,β-unsaturated/α-hetero) is 3. The van der Waals surface area contributed by atoms with Gasteiger partial charge in [0.1, 0.15) is 5.82 Å². The topological polar surface area (TPSA) is 60.4 Å². The summed E-state index contributed by atoms with van der Waals surface area (Å²) in [5, 5.41) is 0. The smallest absolute Gasteiger partial charge is 0.228 e. The fourth-order valence-electron chi connectivity index (χ4n) is 4.10. The van der Waals surface area contributed by atoms with Crippen molar-refractivity contribution in [1.29, 1.82) is 0 Å². The molecule has 4 nitrogen and oxygen atoms in total. The minimum absolute atomic E-state index is 0.0759. The normalized spacial score (nSPS) is 19.9. The molecule has 0 aromatic heterocycles. The van der Waals surface area contributed by atoms with Crippen molar-refractivity contribution in [3.05, 3.63) is 118 Å². The fourth-order valence-corrected chi connectivity index (χ4v) is 4.10. The van der Waals surface area contributed by atoms with Crippen molar-refractivity contribution in [1.82, 2.24) is 0 Å². The van der Waals surface area contributed by atoms with Crippen molar-refractivity contribution in [2.45, 2.75) is 12.0 Å². The molecule has 0 radical (unpaired) electrons. The van der Waals surface area contributed by atoms with E-state index >= 15 is 0 Å². The van der Waals surface area contributed by atoms with Crippen LogP contribution in [0.5, 0.6) is 0 Å². The minimum atomic E-state index is -1.09. The average molecular weight is 398 g/mol. The second kappa shape index (κ2) is 6.88. The van der Waals surface area contributed by atoms with Gasteiger partial charge < -0.3 is 4.74 Å². The van der Waals surface area contributed by atoms with Gasteiger partial charge in [0.25, 0.3) is 0 Å².